The van der Waals surface area contributed by atoms with Gasteiger partial charge in [0, 0.05) is 31.7 Å². The van der Waals surface area contributed by atoms with E-state index in [2.05, 4.69) is 24.1 Å². The lowest BCUT2D eigenvalue weighted by Gasteiger charge is -2.42. The third kappa shape index (κ3) is 2.67. The summed E-state index contributed by atoms with van der Waals surface area (Å²) in [6.07, 6.45) is 6.33. The molecule has 3 atom stereocenters. The molecule has 0 bridgehead atoms. The predicted octanol–water partition coefficient (Wildman–Crippen LogP) is 1.63. The molecular weight excluding hydrogens is 212 g/mol. The molecule has 0 aromatic carbocycles. The van der Waals surface area contributed by atoms with Crippen LogP contribution in [-0.2, 0) is 4.74 Å². The van der Waals surface area contributed by atoms with Crippen LogP contribution in [-0.4, -0.2) is 48.8 Å². The van der Waals surface area contributed by atoms with Gasteiger partial charge in [0.15, 0.2) is 0 Å². The highest BCUT2D eigenvalue weighted by Crippen LogP contribution is 2.40. The molecule has 2 aliphatic heterocycles. The molecular formula is C14H26N2O. The van der Waals surface area contributed by atoms with Crippen LogP contribution < -0.4 is 5.32 Å². The van der Waals surface area contributed by atoms with Crippen LogP contribution in [0.4, 0.5) is 0 Å². The van der Waals surface area contributed by atoms with Gasteiger partial charge in [0.05, 0.1) is 12.2 Å². The average Bonchev–Trinajstić information content (AvgIpc) is 3.05. The van der Waals surface area contributed by atoms with Crippen molar-refractivity contribution in [3.8, 4) is 0 Å². The van der Waals surface area contributed by atoms with E-state index in [4.69, 9.17) is 4.74 Å². The van der Waals surface area contributed by atoms with Crippen molar-refractivity contribution < 1.29 is 4.74 Å². The number of piperazine rings is 1. The van der Waals surface area contributed by atoms with Crippen molar-refractivity contribution >= 4 is 0 Å². The Labute approximate surface area is 105 Å². The molecule has 1 saturated carbocycles. The van der Waals surface area contributed by atoms with Gasteiger partial charge in [-0.15, -0.1) is 0 Å². The van der Waals surface area contributed by atoms with Crippen LogP contribution in [0.3, 0.4) is 0 Å². The van der Waals surface area contributed by atoms with Crippen LogP contribution in [0.5, 0.6) is 0 Å². The van der Waals surface area contributed by atoms with Gasteiger partial charge in [-0.2, -0.15) is 0 Å². The summed E-state index contributed by atoms with van der Waals surface area (Å²) in [4.78, 5) is 2.62. The fourth-order valence-electron chi connectivity index (χ4n) is 3.56. The van der Waals surface area contributed by atoms with E-state index in [-0.39, 0.29) is 0 Å². The second kappa shape index (κ2) is 4.52. The molecule has 0 radical (unpaired) electrons. The Morgan fingerprint density at radius 1 is 1.29 bits per heavy atom. The SMILES string of the molecule is CC1CCC(CN2CCNC(C)(C3CC3)C2)O1. The molecule has 3 nitrogen and oxygen atoms in total. The lowest BCUT2D eigenvalue weighted by molar-refractivity contribution is 0.0162. The van der Waals surface area contributed by atoms with E-state index in [0.717, 1.165) is 19.0 Å². The Bertz CT molecular complexity index is 279. The summed E-state index contributed by atoms with van der Waals surface area (Å²) in [6.45, 7) is 9.31. The number of ether oxygens (including phenoxy) is 1. The van der Waals surface area contributed by atoms with Crippen LogP contribution in [0.25, 0.3) is 0 Å². The third-order valence-corrected chi connectivity index (χ3v) is 4.77. The van der Waals surface area contributed by atoms with Crippen molar-refractivity contribution in [1.82, 2.24) is 10.2 Å². The summed E-state index contributed by atoms with van der Waals surface area (Å²) in [6, 6.07) is 0. The van der Waals surface area contributed by atoms with Gasteiger partial charge in [0.2, 0.25) is 0 Å². The van der Waals surface area contributed by atoms with Crippen molar-refractivity contribution in [2.45, 2.75) is 57.3 Å². The second-order valence-corrected chi connectivity index (χ2v) is 6.50. The molecule has 3 fully saturated rings. The normalized spacial score (nSPS) is 44.1. The number of hydrogen-bond acceptors (Lipinski definition) is 3. The summed E-state index contributed by atoms with van der Waals surface area (Å²) in [5.41, 5.74) is 0.377. The maximum atomic E-state index is 5.95. The predicted molar refractivity (Wildman–Crippen MR) is 69.1 cm³/mol. The number of nitrogens with zero attached hydrogens (tertiary/aromatic N) is 1. The lowest BCUT2D eigenvalue weighted by Crippen LogP contribution is -2.60. The lowest BCUT2D eigenvalue weighted by atomic mass is 9.92. The first-order chi connectivity index (χ1) is 8.16. The van der Waals surface area contributed by atoms with Gasteiger partial charge < -0.3 is 10.1 Å². The molecule has 3 heteroatoms. The fourth-order valence-corrected chi connectivity index (χ4v) is 3.56. The van der Waals surface area contributed by atoms with E-state index >= 15 is 0 Å². The van der Waals surface area contributed by atoms with Crippen molar-refractivity contribution in [2.24, 2.45) is 5.92 Å². The average molecular weight is 238 g/mol. The summed E-state index contributed by atoms with van der Waals surface area (Å²) in [5, 5.41) is 3.74. The second-order valence-electron chi connectivity index (χ2n) is 6.50. The molecule has 1 N–H and O–H groups in total. The standard InChI is InChI=1S/C14H26N2O/c1-11-3-6-13(17-11)9-16-8-7-15-14(2,10-16)12-4-5-12/h11-13,15H,3-10H2,1-2H3. The Morgan fingerprint density at radius 3 is 2.76 bits per heavy atom. The summed E-state index contributed by atoms with van der Waals surface area (Å²) in [5.74, 6) is 0.925. The van der Waals surface area contributed by atoms with E-state index < -0.39 is 0 Å². The van der Waals surface area contributed by atoms with Crippen LogP contribution in [0.2, 0.25) is 0 Å². The zero-order chi connectivity index (χ0) is 11.9. The molecule has 2 heterocycles. The first kappa shape index (κ1) is 11.9. The fraction of sp³-hybridized carbons (Fsp3) is 1.00. The maximum absolute atomic E-state index is 5.95. The molecule has 0 spiro atoms. The Kier molecular flexibility index (Phi) is 3.18. The van der Waals surface area contributed by atoms with Crippen LogP contribution >= 0.6 is 0 Å². The van der Waals surface area contributed by atoms with Gasteiger partial charge in [-0.25, -0.2) is 0 Å². The van der Waals surface area contributed by atoms with E-state index in [1.807, 2.05) is 0 Å². The monoisotopic (exact) mass is 238 g/mol. The highest BCUT2D eigenvalue weighted by atomic mass is 16.5. The number of nitrogens with one attached hydrogen (secondary N) is 1. The maximum Gasteiger partial charge on any atom is 0.0706 e. The molecule has 0 aromatic heterocycles. The molecule has 3 rings (SSSR count). The zero-order valence-corrected chi connectivity index (χ0v) is 11.2. The summed E-state index contributed by atoms with van der Waals surface area (Å²) < 4.78 is 5.95. The Morgan fingerprint density at radius 2 is 2.12 bits per heavy atom. The van der Waals surface area contributed by atoms with E-state index in [0.29, 0.717) is 17.7 Å². The molecule has 0 aromatic rings. The number of hydrogen-bond donors (Lipinski definition) is 1. The van der Waals surface area contributed by atoms with Gasteiger partial charge in [-0.1, -0.05) is 0 Å². The summed E-state index contributed by atoms with van der Waals surface area (Å²) in [7, 11) is 0. The van der Waals surface area contributed by atoms with Crippen molar-refractivity contribution in [3.05, 3.63) is 0 Å². The molecule has 0 amide bonds. The minimum Gasteiger partial charge on any atom is -0.374 e. The quantitative estimate of drug-likeness (QED) is 0.809. The third-order valence-electron chi connectivity index (χ3n) is 4.77. The van der Waals surface area contributed by atoms with E-state index in [1.54, 1.807) is 0 Å². The van der Waals surface area contributed by atoms with Crippen molar-refractivity contribution in [2.75, 3.05) is 26.2 Å². The topological polar surface area (TPSA) is 24.5 Å². The van der Waals surface area contributed by atoms with Gasteiger partial charge in [-0.05, 0) is 45.4 Å². The molecule has 98 valence electrons. The minimum atomic E-state index is 0.377. The smallest absolute Gasteiger partial charge is 0.0706 e. The highest BCUT2D eigenvalue weighted by Gasteiger charge is 2.44. The van der Waals surface area contributed by atoms with Gasteiger partial charge >= 0.3 is 0 Å². The summed E-state index contributed by atoms with van der Waals surface area (Å²) >= 11 is 0. The molecule has 3 unspecified atom stereocenters. The van der Waals surface area contributed by atoms with E-state index in [1.165, 1.54) is 38.8 Å². The van der Waals surface area contributed by atoms with Gasteiger partial charge in [-0.3, -0.25) is 4.90 Å². The first-order valence-corrected chi connectivity index (χ1v) is 7.28. The van der Waals surface area contributed by atoms with Gasteiger partial charge in [0.25, 0.3) is 0 Å². The molecule has 1 aliphatic carbocycles. The number of rotatable bonds is 3. The van der Waals surface area contributed by atoms with E-state index in [9.17, 15) is 0 Å². The van der Waals surface area contributed by atoms with Crippen molar-refractivity contribution in [3.63, 3.8) is 0 Å². The molecule has 17 heavy (non-hydrogen) atoms. The van der Waals surface area contributed by atoms with Crippen LogP contribution in [0, 0.1) is 5.92 Å². The van der Waals surface area contributed by atoms with Crippen LogP contribution in [0.1, 0.15) is 39.5 Å². The largest absolute Gasteiger partial charge is 0.374 e. The minimum absolute atomic E-state index is 0.377. The Hall–Kier alpha value is -0.120. The van der Waals surface area contributed by atoms with Gasteiger partial charge in [0.1, 0.15) is 0 Å². The van der Waals surface area contributed by atoms with Crippen LogP contribution in [0.15, 0.2) is 0 Å². The molecule has 2 saturated heterocycles. The zero-order valence-electron chi connectivity index (χ0n) is 11.2. The highest BCUT2D eigenvalue weighted by molar-refractivity contribution is 5.02. The molecule has 3 aliphatic rings. The Balaban J connectivity index is 1.53. The van der Waals surface area contributed by atoms with Crippen molar-refractivity contribution in [1.29, 1.82) is 0 Å². The first-order valence-electron chi connectivity index (χ1n) is 7.28.